The van der Waals surface area contributed by atoms with Gasteiger partial charge < -0.3 is 10.6 Å². The van der Waals surface area contributed by atoms with Crippen LogP contribution in [0.15, 0.2) is 51.0 Å². The quantitative estimate of drug-likeness (QED) is 0.578. The highest BCUT2D eigenvalue weighted by Gasteiger charge is 2.40. The van der Waals surface area contributed by atoms with Crippen LogP contribution in [0.1, 0.15) is 42.5 Å². The van der Waals surface area contributed by atoms with Crippen molar-refractivity contribution in [1.82, 2.24) is 5.32 Å². The third-order valence-corrected chi connectivity index (χ3v) is 7.78. The minimum atomic E-state index is -0.850. The Kier molecular flexibility index (Phi) is 6.03. The second-order valence-electron chi connectivity index (χ2n) is 7.62. The Labute approximate surface area is 187 Å². The van der Waals surface area contributed by atoms with Crippen LogP contribution in [0.4, 0.5) is 14.5 Å². The Balaban J connectivity index is 1.84. The first-order chi connectivity index (χ1) is 14.8. The van der Waals surface area contributed by atoms with Crippen molar-refractivity contribution in [3.8, 4) is 0 Å². The highest BCUT2D eigenvalue weighted by molar-refractivity contribution is 8.00. The molecule has 162 valence electrons. The number of Topliss-reactive ketones (excluding diaryl/α,β-unsaturated/α-hetero) is 1. The Morgan fingerprint density at radius 1 is 1.23 bits per heavy atom. The summed E-state index contributed by atoms with van der Waals surface area (Å²) in [4.78, 5) is 27.4. The van der Waals surface area contributed by atoms with Gasteiger partial charge in [0.05, 0.1) is 4.21 Å². The zero-order valence-corrected chi connectivity index (χ0v) is 19.0. The SMILES string of the molecule is CSc1sc(C)cc1[C@@H]1C(C(=O)Nc2c(F)cccc2F)=C(C)NC2=C1C(=O)CCC2. The molecule has 2 aromatic rings. The highest BCUT2D eigenvalue weighted by atomic mass is 32.2. The number of thioether (sulfide) groups is 1. The van der Waals surface area contributed by atoms with Crippen LogP contribution in [-0.2, 0) is 9.59 Å². The van der Waals surface area contributed by atoms with E-state index < -0.39 is 29.1 Å². The fourth-order valence-corrected chi connectivity index (χ4v) is 6.18. The first-order valence-electron chi connectivity index (χ1n) is 9.95. The van der Waals surface area contributed by atoms with Gasteiger partial charge in [-0.25, -0.2) is 8.78 Å². The number of thiophene rings is 1. The molecule has 2 aliphatic rings. The van der Waals surface area contributed by atoms with Crippen molar-refractivity contribution in [3.63, 3.8) is 0 Å². The molecule has 2 N–H and O–H groups in total. The molecular weight excluding hydrogens is 438 g/mol. The van der Waals surface area contributed by atoms with Crippen LogP contribution in [0.5, 0.6) is 0 Å². The van der Waals surface area contributed by atoms with E-state index in [0.29, 0.717) is 23.3 Å². The standard InChI is InChI=1S/C23H22F2N2O2S2/c1-11-10-13(23(30-3)31-11)19-18(12(2)26-16-8-5-9-17(28)20(16)19)22(29)27-21-14(24)6-4-7-15(21)25/h4,6-7,10,19,26H,5,8-9H2,1-3H3,(H,27,29)/t19-/m1/s1. The molecule has 0 bridgehead atoms. The molecular formula is C23H22F2N2O2S2. The van der Waals surface area contributed by atoms with Crippen LogP contribution in [0.3, 0.4) is 0 Å². The van der Waals surface area contributed by atoms with Gasteiger partial charge in [-0.05, 0) is 56.7 Å². The number of aryl methyl sites for hydroxylation is 1. The summed E-state index contributed by atoms with van der Waals surface area (Å²) in [6.07, 6.45) is 3.86. The predicted molar refractivity (Wildman–Crippen MR) is 120 cm³/mol. The predicted octanol–water partition coefficient (Wildman–Crippen LogP) is 5.66. The zero-order chi connectivity index (χ0) is 22.3. The molecule has 31 heavy (non-hydrogen) atoms. The molecule has 0 saturated heterocycles. The van der Waals surface area contributed by atoms with Crippen molar-refractivity contribution in [2.24, 2.45) is 0 Å². The van der Waals surface area contributed by atoms with Gasteiger partial charge in [0.2, 0.25) is 0 Å². The maximum atomic E-state index is 14.2. The summed E-state index contributed by atoms with van der Waals surface area (Å²) in [5.41, 5.74) is 2.71. The van der Waals surface area contributed by atoms with E-state index in [1.807, 2.05) is 19.2 Å². The molecule has 4 nitrogen and oxygen atoms in total. The first kappa shape index (κ1) is 21.8. The van der Waals surface area contributed by atoms with Crippen LogP contribution in [0.2, 0.25) is 0 Å². The Bertz CT molecular complexity index is 1130. The van der Waals surface area contributed by atoms with Crippen molar-refractivity contribution in [1.29, 1.82) is 0 Å². The van der Waals surface area contributed by atoms with E-state index in [1.165, 1.54) is 6.07 Å². The number of anilines is 1. The third kappa shape index (κ3) is 3.94. The zero-order valence-electron chi connectivity index (χ0n) is 17.4. The molecule has 8 heteroatoms. The number of carbonyl (C=O) groups excluding carboxylic acids is 2. The van der Waals surface area contributed by atoms with Crippen molar-refractivity contribution in [2.75, 3.05) is 11.6 Å². The van der Waals surface area contributed by atoms with Crippen molar-refractivity contribution < 1.29 is 18.4 Å². The molecule has 1 aromatic carbocycles. The molecule has 4 rings (SSSR count). The molecule has 1 aliphatic heterocycles. The number of dihydropyridines is 1. The van der Waals surface area contributed by atoms with Gasteiger partial charge >= 0.3 is 0 Å². The summed E-state index contributed by atoms with van der Waals surface area (Å²) in [7, 11) is 0. The number of carbonyl (C=O) groups is 2. The lowest BCUT2D eigenvalue weighted by molar-refractivity contribution is -0.116. The molecule has 0 radical (unpaired) electrons. The number of rotatable bonds is 4. The van der Waals surface area contributed by atoms with E-state index >= 15 is 0 Å². The minimum absolute atomic E-state index is 0.00419. The van der Waals surface area contributed by atoms with Gasteiger partial charge in [0.25, 0.3) is 5.91 Å². The molecule has 0 fully saturated rings. The van der Waals surface area contributed by atoms with E-state index in [0.717, 1.165) is 45.3 Å². The topological polar surface area (TPSA) is 58.2 Å². The maximum absolute atomic E-state index is 14.2. The number of hydrogen-bond donors (Lipinski definition) is 2. The number of nitrogens with one attached hydrogen (secondary N) is 2. The van der Waals surface area contributed by atoms with Crippen LogP contribution in [0.25, 0.3) is 0 Å². The highest BCUT2D eigenvalue weighted by Crippen LogP contribution is 2.47. The summed E-state index contributed by atoms with van der Waals surface area (Å²) >= 11 is 3.17. The maximum Gasteiger partial charge on any atom is 0.254 e. The van der Waals surface area contributed by atoms with E-state index in [-0.39, 0.29) is 5.78 Å². The third-order valence-electron chi connectivity index (χ3n) is 5.57. The van der Waals surface area contributed by atoms with Crippen LogP contribution < -0.4 is 10.6 Å². The van der Waals surface area contributed by atoms with E-state index in [9.17, 15) is 18.4 Å². The molecule has 0 saturated carbocycles. The largest absolute Gasteiger partial charge is 0.362 e. The Morgan fingerprint density at radius 3 is 2.61 bits per heavy atom. The number of allylic oxidation sites excluding steroid dienone is 3. The average molecular weight is 461 g/mol. The van der Waals surface area contributed by atoms with Crippen LogP contribution >= 0.6 is 23.1 Å². The molecule has 1 aliphatic carbocycles. The lowest BCUT2D eigenvalue weighted by Crippen LogP contribution is -2.35. The molecule has 0 spiro atoms. The summed E-state index contributed by atoms with van der Waals surface area (Å²) in [5, 5.41) is 5.63. The Morgan fingerprint density at radius 2 is 1.94 bits per heavy atom. The minimum Gasteiger partial charge on any atom is -0.362 e. The molecule has 1 amide bonds. The number of amides is 1. The van der Waals surface area contributed by atoms with Crippen LogP contribution in [0, 0.1) is 18.6 Å². The second kappa shape index (κ2) is 8.59. The summed E-state index contributed by atoms with van der Waals surface area (Å²) in [6, 6.07) is 5.43. The molecule has 0 unspecified atom stereocenters. The average Bonchev–Trinajstić information content (AvgIpc) is 3.10. The van der Waals surface area contributed by atoms with Gasteiger partial charge in [0, 0.05) is 39.8 Å². The smallest absolute Gasteiger partial charge is 0.254 e. The van der Waals surface area contributed by atoms with E-state index in [4.69, 9.17) is 0 Å². The first-order valence-corrected chi connectivity index (χ1v) is 12.0. The van der Waals surface area contributed by atoms with Crippen molar-refractivity contribution in [3.05, 3.63) is 68.9 Å². The van der Waals surface area contributed by atoms with Gasteiger partial charge in [0.15, 0.2) is 5.78 Å². The summed E-state index contributed by atoms with van der Waals surface area (Å²) in [5.74, 6) is -2.90. The van der Waals surface area contributed by atoms with Gasteiger partial charge in [-0.15, -0.1) is 23.1 Å². The number of ketones is 1. The summed E-state index contributed by atoms with van der Waals surface area (Å²) in [6.45, 7) is 3.75. The van der Waals surface area contributed by atoms with E-state index in [2.05, 4.69) is 10.6 Å². The number of halogens is 2. The number of benzene rings is 1. The van der Waals surface area contributed by atoms with Crippen molar-refractivity contribution >= 4 is 40.5 Å². The number of para-hydroxylation sites is 1. The van der Waals surface area contributed by atoms with Gasteiger partial charge in [-0.2, -0.15) is 0 Å². The number of hydrogen-bond acceptors (Lipinski definition) is 5. The van der Waals surface area contributed by atoms with Crippen LogP contribution in [-0.4, -0.2) is 17.9 Å². The Hall–Kier alpha value is -2.45. The fraction of sp³-hybridized carbons (Fsp3) is 0.304. The molecule has 1 aromatic heterocycles. The lowest BCUT2D eigenvalue weighted by atomic mass is 9.75. The van der Waals surface area contributed by atoms with Gasteiger partial charge in [0.1, 0.15) is 17.3 Å². The van der Waals surface area contributed by atoms with Gasteiger partial charge in [-0.3, -0.25) is 9.59 Å². The monoisotopic (exact) mass is 460 g/mol. The second-order valence-corrected chi connectivity index (χ2v) is 9.95. The molecule has 1 atom stereocenters. The van der Waals surface area contributed by atoms with Crippen molar-refractivity contribution in [2.45, 2.75) is 43.2 Å². The fourth-order valence-electron chi connectivity index (χ4n) is 4.27. The lowest BCUT2D eigenvalue weighted by Gasteiger charge is -2.34. The molecule has 2 heterocycles. The normalized spacial score (nSPS) is 18.7. The van der Waals surface area contributed by atoms with E-state index in [1.54, 1.807) is 30.0 Å². The van der Waals surface area contributed by atoms with Gasteiger partial charge in [-0.1, -0.05) is 6.07 Å². The summed E-state index contributed by atoms with van der Waals surface area (Å²) < 4.78 is 29.4.